The number of nitrogens with one attached hydrogen (secondary N) is 1. The molecule has 2 aliphatic rings. The number of nitrogens with zero attached hydrogens (tertiary/aromatic N) is 4. The molecule has 1 aliphatic heterocycles. The minimum Gasteiger partial charge on any atom is -0.490 e. The van der Waals surface area contributed by atoms with Crippen molar-refractivity contribution >= 4 is 58.2 Å². The predicted molar refractivity (Wildman–Crippen MR) is 146 cm³/mol. The summed E-state index contributed by atoms with van der Waals surface area (Å²) in [6, 6.07) is 13.6. The Labute approximate surface area is 225 Å². The molecular formula is C26H27Cl2N5O2S. The second-order valence-corrected chi connectivity index (χ2v) is 10.9. The van der Waals surface area contributed by atoms with Gasteiger partial charge in [0, 0.05) is 17.9 Å². The molecular weight excluding hydrogens is 517 g/mol. The average molecular weight is 545 g/mol. The van der Waals surface area contributed by atoms with Gasteiger partial charge in [-0.3, -0.25) is 9.69 Å². The van der Waals surface area contributed by atoms with Crippen molar-refractivity contribution in [1.29, 1.82) is 0 Å². The first-order valence-electron chi connectivity index (χ1n) is 11.8. The molecule has 0 radical (unpaired) electrons. The van der Waals surface area contributed by atoms with Crippen molar-refractivity contribution in [3.05, 3.63) is 64.3 Å². The van der Waals surface area contributed by atoms with E-state index in [2.05, 4.69) is 34.3 Å². The molecule has 10 heteroatoms. The molecule has 1 saturated carbocycles. The van der Waals surface area contributed by atoms with Gasteiger partial charge in [-0.15, -0.1) is 0 Å². The monoisotopic (exact) mass is 543 g/mol. The van der Waals surface area contributed by atoms with Gasteiger partial charge in [0.2, 0.25) is 5.95 Å². The van der Waals surface area contributed by atoms with Gasteiger partial charge in [-0.1, -0.05) is 41.0 Å². The molecule has 3 aromatic rings. The van der Waals surface area contributed by atoms with Gasteiger partial charge < -0.3 is 15.0 Å². The first-order chi connectivity index (χ1) is 17.4. The van der Waals surface area contributed by atoms with Gasteiger partial charge in [-0.2, -0.15) is 0 Å². The normalized spacial score (nSPS) is 19.8. The Hall–Kier alpha value is -2.52. The lowest BCUT2D eigenvalue weighted by atomic mass is 9.92. The Morgan fingerprint density at radius 3 is 2.42 bits per heavy atom. The van der Waals surface area contributed by atoms with Crippen molar-refractivity contribution in [3.8, 4) is 5.75 Å². The highest BCUT2D eigenvalue weighted by atomic mass is 35.5. The topological polar surface area (TPSA) is 70.6 Å². The summed E-state index contributed by atoms with van der Waals surface area (Å²) >= 11 is 14.1. The molecule has 2 heterocycles. The standard InChI is InChI=1S/C26H27Cl2N5O2S/c1-32(2)17-8-12-19(13-9-17)35-18-10-6-16(7-11-18)30-26-29-14-20-24(31-26)36-15-33(25(20)34)23-21(27)4-3-5-22(23)28/h3-7,10-11,14,17,19H,8-9,12-13,15H2,1-2H3,(H,29,30,31). The summed E-state index contributed by atoms with van der Waals surface area (Å²) in [5, 5.41) is 4.68. The molecule has 188 valence electrons. The third-order valence-corrected chi connectivity index (χ3v) is 8.14. The molecule has 36 heavy (non-hydrogen) atoms. The van der Waals surface area contributed by atoms with Crippen LogP contribution in [-0.2, 0) is 0 Å². The van der Waals surface area contributed by atoms with E-state index in [1.807, 2.05) is 24.3 Å². The van der Waals surface area contributed by atoms with Crippen molar-refractivity contribution in [2.24, 2.45) is 0 Å². The molecule has 1 N–H and O–H groups in total. The molecule has 0 atom stereocenters. The molecule has 0 bridgehead atoms. The fraction of sp³-hybridized carbons (Fsp3) is 0.346. The number of carbonyl (C=O) groups excluding carboxylic acids is 1. The lowest BCUT2D eigenvalue weighted by Gasteiger charge is -2.32. The van der Waals surface area contributed by atoms with Crippen LogP contribution in [0.1, 0.15) is 36.0 Å². The molecule has 1 aliphatic carbocycles. The van der Waals surface area contributed by atoms with Crippen LogP contribution < -0.4 is 15.0 Å². The van der Waals surface area contributed by atoms with Crippen molar-refractivity contribution in [2.75, 3.05) is 30.2 Å². The Morgan fingerprint density at radius 2 is 1.75 bits per heavy atom. The minimum atomic E-state index is -0.230. The van der Waals surface area contributed by atoms with E-state index in [0.29, 0.717) is 44.2 Å². The average Bonchev–Trinajstić information content (AvgIpc) is 2.87. The number of rotatable bonds is 6. The molecule has 7 nitrogen and oxygen atoms in total. The summed E-state index contributed by atoms with van der Waals surface area (Å²) < 4.78 is 6.20. The summed E-state index contributed by atoms with van der Waals surface area (Å²) in [6.45, 7) is 0. The number of carbonyl (C=O) groups is 1. The van der Waals surface area contributed by atoms with Crippen LogP contribution in [-0.4, -0.2) is 52.9 Å². The van der Waals surface area contributed by atoms with Crippen molar-refractivity contribution < 1.29 is 9.53 Å². The van der Waals surface area contributed by atoms with E-state index in [1.165, 1.54) is 11.8 Å². The van der Waals surface area contributed by atoms with Crippen LogP contribution in [0.2, 0.25) is 10.0 Å². The zero-order chi connectivity index (χ0) is 25.2. The Balaban J connectivity index is 1.22. The minimum absolute atomic E-state index is 0.230. The summed E-state index contributed by atoms with van der Waals surface area (Å²) in [5.41, 5.74) is 1.76. The lowest BCUT2D eigenvalue weighted by Crippen LogP contribution is -2.35. The Kier molecular flexibility index (Phi) is 7.57. The largest absolute Gasteiger partial charge is 0.490 e. The second kappa shape index (κ2) is 10.8. The van der Waals surface area contributed by atoms with Crippen molar-refractivity contribution in [3.63, 3.8) is 0 Å². The molecule has 5 rings (SSSR count). The van der Waals surface area contributed by atoms with Gasteiger partial charge in [0.05, 0.1) is 33.3 Å². The van der Waals surface area contributed by atoms with E-state index in [0.717, 1.165) is 37.1 Å². The third kappa shape index (κ3) is 5.42. The van der Waals surface area contributed by atoms with E-state index < -0.39 is 0 Å². The number of aromatic nitrogens is 2. The first kappa shape index (κ1) is 25.1. The summed E-state index contributed by atoms with van der Waals surface area (Å²) in [5.74, 6) is 1.41. The van der Waals surface area contributed by atoms with E-state index in [1.54, 1.807) is 29.3 Å². The van der Waals surface area contributed by atoms with Crippen molar-refractivity contribution in [2.45, 2.75) is 42.9 Å². The van der Waals surface area contributed by atoms with Gasteiger partial charge >= 0.3 is 0 Å². The predicted octanol–water partition coefficient (Wildman–Crippen LogP) is 6.49. The second-order valence-electron chi connectivity index (χ2n) is 9.15. The zero-order valence-electron chi connectivity index (χ0n) is 20.1. The van der Waals surface area contributed by atoms with Crippen LogP contribution in [0, 0.1) is 0 Å². The first-order valence-corrected chi connectivity index (χ1v) is 13.6. The van der Waals surface area contributed by atoms with Gasteiger partial charge in [0.25, 0.3) is 5.91 Å². The zero-order valence-corrected chi connectivity index (χ0v) is 22.4. The molecule has 0 unspecified atom stereocenters. The maximum atomic E-state index is 13.1. The third-order valence-electron chi connectivity index (χ3n) is 6.55. The van der Waals surface area contributed by atoms with Crippen LogP contribution in [0.25, 0.3) is 0 Å². The van der Waals surface area contributed by atoms with Gasteiger partial charge in [0.1, 0.15) is 10.8 Å². The number of halogens is 2. The highest BCUT2D eigenvalue weighted by molar-refractivity contribution is 7.99. The van der Waals surface area contributed by atoms with Gasteiger partial charge in [-0.05, 0) is 76.2 Å². The van der Waals surface area contributed by atoms with Crippen LogP contribution >= 0.6 is 35.0 Å². The molecule has 1 aromatic heterocycles. The van der Waals surface area contributed by atoms with E-state index in [-0.39, 0.29) is 12.0 Å². The number of thioether (sulfide) groups is 1. The van der Waals surface area contributed by atoms with E-state index in [4.69, 9.17) is 27.9 Å². The highest BCUT2D eigenvalue weighted by Crippen LogP contribution is 2.39. The van der Waals surface area contributed by atoms with Crippen LogP contribution in [0.5, 0.6) is 5.75 Å². The number of para-hydroxylation sites is 1. The highest BCUT2D eigenvalue weighted by Gasteiger charge is 2.30. The Morgan fingerprint density at radius 1 is 1.06 bits per heavy atom. The number of fused-ring (bicyclic) bond motifs is 1. The van der Waals surface area contributed by atoms with E-state index >= 15 is 0 Å². The fourth-order valence-electron chi connectivity index (χ4n) is 4.54. The number of amides is 1. The quantitative estimate of drug-likeness (QED) is 0.356. The Bertz CT molecular complexity index is 1230. The summed E-state index contributed by atoms with van der Waals surface area (Å²) in [7, 11) is 4.29. The maximum Gasteiger partial charge on any atom is 0.263 e. The lowest BCUT2D eigenvalue weighted by molar-refractivity contribution is 0.0985. The molecule has 2 aromatic carbocycles. The SMILES string of the molecule is CN(C)C1CCC(Oc2ccc(Nc3ncc4c(n3)SCN(c3c(Cl)cccc3Cl)C4=O)cc2)CC1. The maximum absolute atomic E-state index is 13.1. The van der Waals surface area contributed by atoms with Crippen LogP contribution in [0.3, 0.4) is 0 Å². The molecule has 1 amide bonds. The summed E-state index contributed by atoms with van der Waals surface area (Å²) in [4.78, 5) is 25.9. The van der Waals surface area contributed by atoms with Crippen LogP contribution in [0.15, 0.2) is 53.7 Å². The number of anilines is 3. The molecule has 0 saturated heterocycles. The van der Waals surface area contributed by atoms with Crippen molar-refractivity contribution in [1.82, 2.24) is 14.9 Å². The van der Waals surface area contributed by atoms with E-state index in [9.17, 15) is 4.79 Å². The van der Waals surface area contributed by atoms with Gasteiger partial charge in [-0.25, -0.2) is 9.97 Å². The summed E-state index contributed by atoms with van der Waals surface area (Å²) in [6.07, 6.45) is 6.27. The van der Waals surface area contributed by atoms with Crippen LogP contribution in [0.4, 0.5) is 17.3 Å². The number of ether oxygens (including phenoxy) is 1. The molecule has 1 fully saturated rings. The fourth-order valence-corrected chi connectivity index (χ4v) is 6.09. The van der Waals surface area contributed by atoms with Gasteiger partial charge in [0.15, 0.2) is 0 Å². The number of hydrogen-bond acceptors (Lipinski definition) is 7. The smallest absolute Gasteiger partial charge is 0.263 e. The molecule has 0 spiro atoms. The number of benzene rings is 2. The number of hydrogen-bond donors (Lipinski definition) is 1.